The van der Waals surface area contributed by atoms with Gasteiger partial charge in [0.25, 0.3) is 0 Å². The highest BCUT2D eigenvalue weighted by atomic mass is 14.1. The fraction of sp³-hybridized carbons (Fsp3) is 0.222. The molecule has 0 bridgehead atoms. The molecule has 0 aliphatic heterocycles. The molecule has 0 aliphatic carbocycles. The minimum Gasteiger partial charge on any atom is -0.0984 e. The van der Waals surface area contributed by atoms with E-state index in [9.17, 15) is 0 Å². The lowest BCUT2D eigenvalue weighted by atomic mass is 9.94. The summed E-state index contributed by atoms with van der Waals surface area (Å²) in [5.41, 5.74) is 4.91. The summed E-state index contributed by atoms with van der Waals surface area (Å²) in [5.74, 6) is 0. The fourth-order valence-electron chi connectivity index (χ4n) is 2.19. The summed E-state index contributed by atoms with van der Waals surface area (Å²) >= 11 is 0. The smallest absolute Gasteiger partial charge is 0.0148 e. The Morgan fingerprint density at radius 1 is 0.944 bits per heavy atom. The van der Waals surface area contributed by atoms with Crippen LogP contribution in [-0.2, 0) is 0 Å². The average molecular weight is 238 g/mol. The van der Waals surface area contributed by atoms with Crippen molar-refractivity contribution in [3.8, 4) is 0 Å². The second kappa shape index (κ2) is 6.20. The number of aryl methyl sites for hydroxylation is 2. The Kier molecular flexibility index (Phi) is 4.91. The molecule has 0 radical (unpaired) electrons. The van der Waals surface area contributed by atoms with Crippen molar-refractivity contribution in [1.82, 2.24) is 0 Å². The third kappa shape index (κ3) is 2.53. The maximum absolute atomic E-state index is 3.88. The van der Waals surface area contributed by atoms with E-state index in [0.29, 0.717) is 0 Å². The second-order valence-corrected chi connectivity index (χ2v) is 4.14. The molecule has 0 aliphatic rings. The largest absolute Gasteiger partial charge is 0.0984 e. The van der Waals surface area contributed by atoms with E-state index in [-0.39, 0.29) is 0 Å². The molecule has 2 aromatic rings. The molecule has 0 N–H and O–H groups in total. The van der Waals surface area contributed by atoms with Crippen LogP contribution in [0.1, 0.15) is 36.1 Å². The molecule has 0 heterocycles. The first-order chi connectivity index (χ1) is 8.67. The first-order valence-electron chi connectivity index (χ1n) is 6.46. The first-order valence-corrected chi connectivity index (χ1v) is 6.46. The normalized spacial score (nSPS) is 9.56. The maximum Gasteiger partial charge on any atom is -0.0148 e. The molecular formula is C18H22. The molecular weight excluding hydrogens is 216 g/mol. The zero-order valence-corrected chi connectivity index (χ0v) is 11.9. The van der Waals surface area contributed by atoms with Gasteiger partial charge < -0.3 is 0 Å². The van der Waals surface area contributed by atoms with Gasteiger partial charge in [-0.05, 0) is 47.4 Å². The van der Waals surface area contributed by atoms with E-state index in [1.54, 1.807) is 0 Å². The summed E-state index contributed by atoms with van der Waals surface area (Å²) in [4.78, 5) is 0. The van der Waals surface area contributed by atoms with Crippen LogP contribution in [0.5, 0.6) is 0 Å². The Morgan fingerprint density at radius 2 is 1.61 bits per heavy atom. The minimum atomic E-state index is 1.16. The minimum absolute atomic E-state index is 1.16. The van der Waals surface area contributed by atoms with Gasteiger partial charge in [0, 0.05) is 0 Å². The van der Waals surface area contributed by atoms with Crippen molar-refractivity contribution in [3.63, 3.8) is 0 Å². The summed E-state index contributed by atoms with van der Waals surface area (Å²) in [5, 5.41) is 2.57. The summed E-state index contributed by atoms with van der Waals surface area (Å²) < 4.78 is 0. The number of fused-ring (bicyclic) bond motifs is 1. The van der Waals surface area contributed by atoms with Gasteiger partial charge in [0.2, 0.25) is 0 Å². The topological polar surface area (TPSA) is 0 Å². The molecule has 0 saturated heterocycles. The van der Waals surface area contributed by atoms with Crippen LogP contribution in [0, 0.1) is 13.8 Å². The van der Waals surface area contributed by atoms with Gasteiger partial charge in [0.05, 0.1) is 0 Å². The van der Waals surface area contributed by atoms with E-state index >= 15 is 0 Å². The summed E-state index contributed by atoms with van der Waals surface area (Å²) in [7, 11) is 0. The van der Waals surface area contributed by atoms with Gasteiger partial charge in [0.15, 0.2) is 0 Å². The number of rotatable bonds is 2. The van der Waals surface area contributed by atoms with E-state index in [2.05, 4.69) is 51.3 Å². The Balaban J connectivity index is 0.000000771. The molecule has 0 saturated carbocycles. The molecule has 0 unspecified atom stereocenters. The van der Waals surface area contributed by atoms with Crippen molar-refractivity contribution < 1.29 is 0 Å². The van der Waals surface area contributed by atoms with E-state index < -0.39 is 0 Å². The van der Waals surface area contributed by atoms with Gasteiger partial charge in [-0.3, -0.25) is 0 Å². The zero-order chi connectivity index (χ0) is 13.7. The molecule has 94 valence electrons. The van der Waals surface area contributed by atoms with Crippen LogP contribution in [0.3, 0.4) is 0 Å². The van der Waals surface area contributed by atoms with Gasteiger partial charge in [-0.15, -0.1) is 0 Å². The van der Waals surface area contributed by atoms with Gasteiger partial charge in [-0.2, -0.15) is 0 Å². The van der Waals surface area contributed by atoms with Gasteiger partial charge in [-0.1, -0.05) is 62.9 Å². The fourth-order valence-corrected chi connectivity index (χ4v) is 2.19. The van der Waals surface area contributed by atoms with Crippen molar-refractivity contribution in [3.05, 3.63) is 59.7 Å². The Labute approximate surface area is 111 Å². The second-order valence-electron chi connectivity index (χ2n) is 4.14. The lowest BCUT2D eigenvalue weighted by molar-refractivity contribution is 1.45. The molecule has 0 fully saturated rings. The lowest BCUT2D eigenvalue weighted by Crippen LogP contribution is -1.89. The predicted molar refractivity (Wildman–Crippen MR) is 85.0 cm³/mol. The average Bonchev–Trinajstić information content (AvgIpc) is 2.40. The van der Waals surface area contributed by atoms with Crippen LogP contribution in [0.25, 0.3) is 22.9 Å². The Bertz CT molecular complexity index is 574. The van der Waals surface area contributed by atoms with Crippen molar-refractivity contribution in [2.75, 3.05) is 0 Å². The van der Waals surface area contributed by atoms with Gasteiger partial charge in [-0.25, -0.2) is 0 Å². The van der Waals surface area contributed by atoms with Crippen molar-refractivity contribution >= 4 is 22.9 Å². The van der Waals surface area contributed by atoms with Crippen LogP contribution in [0.2, 0.25) is 0 Å². The van der Waals surface area contributed by atoms with E-state index in [1.807, 2.05) is 26.0 Å². The highest BCUT2D eigenvalue weighted by molar-refractivity contribution is 5.92. The number of benzene rings is 2. The molecule has 0 amide bonds. The number of hydrogen-bond donors (Lipinski definition) is 0. The van der Waals surface area contributed by atoms with Crippen molar-refractivity contribution in [2.24, 2.45) is 0 Å². The molecule has 0 spiro atoms. The molecule has 18 heavy (non-hydrogen) atoms. The highest BCUT2D eigenvalue weighted by Crippen LogP contribution is 2.27. The van der Waals surface area contributed by atoms with Crippen LogP contribution in [-0.4, -0.2) is 0 Å². The molecule has 0 aromatic heterocycles. The van der Waals surface area contributed by atoms with Gasteiger partial charge in [0.1, 0.15) is 0 Å². The quantitative estimate of drug-likeness (QED) is 0.623. The SMILES string of the molecule is C=Cc1cc2cc(C)ccc2c(C)c1C=C.CC. The molecule has 2 rings (SSSR count). The van der Waals surface area contributed by atoms with E-state index in [1.165, 1.54) is 27.5 Å². The predicted octanol–water partition coefficient (Wildman–Crippen LogP) is 5.77. The Hall–Kier alpha value is -1.82. The third-order valence-corrected chi connectivity index (χ3v) is 3.06. The summed E-state index contributed by atoms with van der Waals surface area (Å²) in [6.07, 6.45) is 3.80. The summed E-state index contributed by atoms with van der Waals surface area (Å²) in [6, 6.07) is 8.72. The van der Waals surface area contributed by atoms with Crippen LogP contribution in [0.4, 0.5) is 0 Å². The molecule has 0 nitrogen and oxygen atoms in total. The molecule has 0 atom stereocenters. The lowest BCUT2D eigenvalue weighted by Gasteiger charge is -2.10. The van der Waals surface area contributed by atoms with Crippen LogP contribution < -0.4 is 0 Å². The van der Waals surface area contributed by atoms with Crippen molar-refractivity contribution in [1.29, 1.82) is 0 Å². The maximum atomic E-state index is 3.88. The zero-order valence-electron chi connectivity index (χ0n) is 11.9. The van der Waals surface area contributed by atoms with Crippen molar-refractivity contribution in [2.45, 2.75) is 27.7 Å². The third-order valence-electron chi connectivity index (χ3n) is 3.06. The van der Waals surface area contributed by atoms with Gasteiger partial charge >= 0.3 is 0 Å². The first kappa shape index (κ1) is 14.2. The Morgan fingerprint density at radius 3 is 2.17 bits per heavy atom. The highest BCUT2D eigenvalue weighted by Gasteiger charge is 2.05. The molecule has 2 aromatic carbocycles. The summed E-state index contributed by atoms with van der Waals surface area (Å²) in [6.45, 7) is 16.0. The van der Waals surface area contributed by atoms with Crippen LogP contribution >= 0.6 is 0 Å². The molecule has 0 heteroatoms. The van der Waals surface area contributed by atoms with Crippen LogP contribution in [0.15, 0.2) is 37.4 Å². The standard InChI is InChI=1S/C16H16.C2H6/c1-5-13-10-14-9-11(3)7-8-16(14)12(4)15(13)6-2;1-2/h5-10H,1-2H2,3-4H3;1-2H3. The number of hydrogen-bond acceptors (Lipinski definition) is 0. The monoisotopic (exact) mass is 238 g/mol. The van der Waals surface area contributed by atoms with E-state index in [0.717, 1.165) is 5.56 Å². The van der Waals surface area contributed by atoms with E-state index in [4.69, 9.17) is 0 Å².